The van der Waals surface area contributed by atoms with Crippen molar-refractivity contribution in [2.75, 3.05) is 25.4 Å². The highest BCUT2D eigenvalue weighted by Crippen LogP contribution is 2.21. The number of nitrogens with one attached hydrogen (secondary N) is 1. The van der Waals surface area contributed by atoms with E-state index in [4.69, 9.17) is 11.6 Å². The van der Waals surface area contributed by atoms with Crippen LogP contribution in [-0.4, -0.2) is 36.2 Å². The first-order valence-corrected chi connectivity index (χ1v) is 12.0. The van der Waals surface area contributed by atoms with Crippen LogP contribution in [0.1, 0.15) is 24.0 Å². The number of amides is 1. The highest BCUT2D eigenvalue weighted by Gasteiger charge is 2.24. The van der Waals surface area contributed by atoms with Gasteiger partial charge in [0.05, 0.1) is 0 Å². The molecule has 2 aromatic rings. The Balaban J connectivity index is 1.30. The molecular weight excluding hydrogens is 456 g/mol. The number of thioether (sulfide) groups is 1. The van der Waals surface area contributed by atoms with Gasteiger partial charge in [-0.2, -0.15) is 11.8 Å². The minimum Gasteiger partial charge on any atom is -0.355 e. The highest BCUT2D eigenvalue weighted by molar-refractivity contribution is 9.10. The third-order valence-corrected chi connectivity index (χ3v) is 6.94. The van der Waals surface area contributed by atoms with Gasteiger partial charge < -0.3 is 5.32 Å². The Morgan fingerprint density at radius 2 is 1.86 bits per heavy atom. The second-order valence-corrected chi connectivity index (χ2v) is 9.54. The van der Waals surface area contributed by atoms with Gasteiger partial charge in [-0.15, -0.1) is 0 Å². The third kappa shape index (κ3) is 6.80. The molecule has 1 fully saturated rings. The van der Waals surface area contributed by atoms with E-state index in [0.717, 1.165) is 59.0 Å². The molecular formula is C22H26BrClN2OS. The molecule has 0 atom stereocenters. The standard InChI is InChI=1S/C22H26BrClN2OS/c23-20-7-5-17(6-8-20)15-26-12-9-18(10-13-26)22(27)25-11-14-28-16-19-3-1-2-4-21(19)24/h1-8,18H,9-16H2,(H,25,27). The number of nitrogens with zero attached hydrogens (tertiary/aromatic N) is 1. The molecule has 0 unspecified atom stereocenters. The van der Waals surface area contributed by atoms with E-state index < -0.39 is 0 Å². The summed E-state index contributed by atoms with van der Waals surface area (Å²) in [5, 5.41) is 3.92. The summed E-state index contributed by atoms with van der Waals surface area (Å²) in [6.07, 6.45) is 1.88. The SMILES string of the molecule is O=C(NCCSCc1ccccc1Cl)C1CCN(Cc2ccc(Br)cc2)CC1. The first-order chi connectivity index (χ1) is 13.6. The minimum absolute atomic E-state index is 0.148. The van der Waals surface area contributed by atoms with Crippen molar-refractivity contribution in [3.8, 4) is 0 Å². The molecule has 1 aliphatic heterocycles. The van der Waals surface area contributed by atoms with Crippen LogP contribution in [-0.2, 0) is 17.1 Å². The number of hydrogen-bond acceptors (Lipinski definition) is 3. The van der Waals surface area contributed by atoms with Crippen molar-refractivity contribution in [2.45, 2.75) is 25.1 Å². The molecule has 0 bridgehead atoms. The van der Waals surface area contributed by atoms with Crippen molar-refractivity contribution < 1.29 is 4.79 Å². The van der Waals surface area contributed by atoms with E-state index in [1.807, 2.05) is 18.2 Å². The maximum Gasteiger partial charge on any atom is 0.223 e. The van der Waals surface area contributed by atoms with E-state index >= 15 is 0 Å². The molecule has 1 heterocycles. The lowest BCUT2D eigenvalue weighted by molar-refractivity contribution is -0.126. The van der Waals surface area contributed by atoms with E-state index in [0.29, 0.717) is 6.54 Å². The van der Waals surface area contributed by atoms with E-state index in [9.17, 15) is 4.79 Å². The van der Waals surface area contributed by atoms with Crippen LogP contribution in [0, 0.1) is 5.92 Å². The summed E-state index contributed by atoms with van der Waals surface area (Å²) in [5.41, 5.74) is 2.47. The summed E-state index contributed by atoms with van der Waals surface area (Å²) in [6, 6.07) is 16.4. The maximum absolute atomic E-state index is 12.4. The van der Waals surface area contributed by atoms with Crippen molar-refractivity contribution >= 4 is 45.2 Å². The number of hydrogen-bond donors (Lipinski definition) is 1. The fourth-order valence-corrected chi connectivity index (χ4v) is 4.80. The lowest BCUT2D eigenvalue weighted by Gasteiger charge is -2.31. The number of benzene rings is 2. The van der Waals surface area contributed by atoms with Crippen LogP contribution >= 0.6 is 39.3 Å². The van der Waals surface area contributed by atoms with Gasteiger partial charge in [0.1, 0.15) is 0 Å². The molecule has 3 rings (SSSR count). The Morgan fingerprint density at radius 3 is 2.57 bits per heavy atom. The zero-order valence-corrected chi connectivity index (χ0v) is 19.0. The zero-order chi connectivity index (χ0) is 19.8. The van der Waals surface area contributed by atoms with Gasteiger partial charge in [0, 0.05) is 40.0 Å². The molecule has 2 aromatic carbocycles. The van der Waals surface area contributed by atoms with Crippen LogP contribution in [0.4, 0.5) is 0 Å². The Hall–Kier alpha value is -1.01. The van der Waals surface area contributed by atoms with Crippen molar-refractivity contribution in [2.24, 2.45) is 5.92 Å². The van der Waals surface area contributed by atoms with E-state index in [2.05, 4.69) is 56.5 Å². The van der Waals surface area contributed by atoms with E-state index in [1.54, 1.807) is 11.8 Å². The van der Waals surface area contributed by atoms with Gasteiger partial charge >= 0.3 is 0 Å². The summed E-state index contributed by atoms with van der Waals surface area (Å²) in [7, 11) is 0. The van der Waals surface area contributed by atoms with E-state index in [1.165, 1.54) is 5.56 Å². The van der Waals surface area contributed by atoms with Gasteiger partial charge in [-0.25, -0.2) is 0 Å². The molecule has 3 nitrogen and oxygen atoms in total. The number of carbonyl (C=O) groups is 1. The smallest absolute Gasteiger partial charge is 0.223 e. The Morgan fingerprint density at radius 1 is 1.14 bits per heavy atom. The van der Waals surface area contributed by atoms with Gasteiger partial charge in [0.15, 0.2) is 0 Å². The molecule has 0 aliphatic carbocycles. The normalized spacial score (nSPS) is 15.5. The van der Waals surface area contributed by atoms with Gasteiger partial charge in [0.25, 0.3) is 0 Å². The Kier molecular flexibility index (Phi) is 8.71. The molecule has 1 aliphatic rings. The zero-order valence-electron chi connectivity index (χ0n) is 15.9. The lowest BCUT2D eigenvalue weighted by atomic mass is 9.95. The average molecular weight is 482 g/mol. The lowest BCUT2D eigenvalue weighted by Crippen LogP contribution is -2.40. The van der Waals surface area contributed by atoms with Crippen LogP contribution in [0.2, 0.25) is 5.02 Å². The van der Waals surface area contributed by atoms with Gasteiger partial charge in [-0.05, 0) is 55.3 Å². The van der Waals surface area contributed by atoms with Crippen molar-refractivity contribution in [1.82, 2.24) is 10.2 Å². The summed E-state index contributed by atoms with van der Waals surface area (Å²) in [6.45, 7) is 3.64. The quantitative estimate of drug-likeness (QED) is 0.515. The number of halogens is 2. The van der Waals surface area contributed by atoms with Gasteiger partial charge in [0.2, 0.25) is 5.91 Å². The number of piperidine rings is 1. The highest BCUT2D eigenvalue weighted by atomic mass is 79.9. The summed E-state index contributed by atoms with van der Waals surface area (Å²) in [4.78, 5) is 14.9. The monoisotopic (exact) mass is 480 g/mol. The molecule has 28 heavy (non-hydrogen) atoms. The molecule has 1 N–H and O–H groups in total. The topological polar surface area (TPSA) is 32.3 Å². The van der Waals surface area contributed by atoms with Gasteiger partial charge in [-0.3, -0.25) is 9.69 Å². The largest absolute Gasteiger partial charge is 0.355 e. The summed E-state index contributed by atoms with van der Waals surface area (Å²) >= 11 is 11.4. The third-order valence-electron chi connectivity index (χ3n) is 5.04. The second kappa shape index (κ2) is 11.2. The molecule has 0 aromatic heterocycles. The first-order valence-electron chi connectivity index (χ1n) is 9.67. The van der Waals surface area contributed by atoms with Crippen LogP contribution in [0.15, 0.2) is 53.0 Å². The number of rotatable bonds is 8. The fourth-order valence-electron chi connectivity index (χ4n) is 3.39. The first kappa shape index (κ1) is 21.7. The van der Waals surface area contributed by atoms with Crippen LogP contribution in [0.3, 0.4) is 0 Å². The minimum atomic E-state index is 0.148. The summed E-state index contributed by atoms with van der Waals surface area (Å²) < 4.78 is 1.11. The number of carbonyl (C=O) groups excluding carboxylic acids is 1. The second-order valence-electron chi connectivity index (χ2n) is 7.11. The summed E-state index contributed by atoms with van der Waals surface area (Å²) in [5.74, 6) is 2.14. The maximum atomic E-state index is 12.4. The predicted octanol–water partition coefficient (Wildman–Crippen LogP) is 5.36. The van der Waals surface area contributed by atoms with Crippen LogP contribution < -0.4 is 5.32 Å². The fraction of sp³-hybridized carbons (Fsp3) is 0.409. The predicted molar refractivity (Wildman–Crippen MR) is 123 cm³/mol. The molecule has 6 heteroatoms. The van der Waals surface area contributed by atoms with Crippen molar-refractivity contribution in [1.29, 1.82) is 0 Å². The molecule has 0 saturated carbocycles. The van der Waals surface area contributed by atoms with Crippen LogP contribution in [0.25, 0.3) is 0 Å². The number of likely N-dealkylation sites (tertiary alicyclic amines) is 1. The van der Waals surface area contributed by atoms with E-state index in [-0.39, 0.29) is 11.8 Å². The van der Waals surface area contributed by atoms with Gasteiger partial charge in [-0.1, -0.05) is 57.9 Å². The molecule has 0 radical (unpaired) electrons. The average Bonchev–Trinajstić information content (AvgIpc) is 2.71. The Bertz CT molecular complexity index is 763. The molecule has 0 spiro atoms. The molecule has 150 valence electrons. The van der Waals surface area contributed by atoms with Crippen LogP contribution in [0.5, 0.6) is 0 Å². The molecule has 1 saturated heterocycles. The Labute approximate surface area is 185 Å². The van der Waals surface area contributed by atoms with Crippen molar-refractivity contribution in [3.05, 3.63) is 69.2 Å². The van der Waals surface area contributed by atoms with Crippen molar-refractivity contribution in [3.63, 3.8) is 0 Å². The molecule has 1 amide bonds.